The average molecular weight is 119 g/mol. The van der Waals surface area contributed by atoms with E-state index in [1.54, 1.807) is 0 Å². The Labute approximate surface area is 48.0 Å². The highest BCUT2D eigenvalue weighted by Crippen LogP contribution is 1.67. The van der Waals surface area contributed by atoms with Crippen LogP contribution in [0.5, 0.6) is 0 Å². The molecule has 0 aliphatic carbocycles. The molecular formula is C4H13NOSi+. The molecule has 0 aliphatic rings. The Bertz CT molecular complexity index is 40.7. The van der Waals surface area contributed by atoms with Crippen LogP contribution >= 0.6 is 0 Å². The molecule has 7 heavy (non-hydrogen) atoms. The Balaban J connectivity index is 2.68. The van der Waals surface area contributed by atoms with Crippen LogP contribution in [0.15, 0.2) is 0 Å². The molecule has 0 heterocycles. The van der Waals surface area contributed by atoms with E-state index in [2.05, 4.69) is 4.90 Å². The molecule has 0 aromatic carbocycles. The molecule has 0 amide bonds. The molecule has 0 fully saturated rings. The van der Waals surface area contributed by atoms with Gasteiger partial charge in [0.2, 0.25) is 0 Å². The standard InChI is InChI=1S/C4H13NOSi/c1-5(2)3-4-6-7/h3-4H2,1-2,7H3/q+1. The molecule has 2 nitrogen and oxygen atoms in total. The number of hydrogen-bond acceptors (Lipinski definition) is 2. The van der Waals surface area contributed by atoms with Gasteiger partial charge in [0, 0.05) is 0 Å². The van der Waals surface area contributed by atoms with Crippen LogP contribution in [0.3, 0.4) is 0 Å². The molecule has 0 atom stereocenters. The van der Waals surface area contributed by atoms with E-state index < -0.39 is 0 Å². The van der Waals surface area contributed by atoms with Gasteiger partial charge < -0.3 is 4.43 Å². The molecule has 0 aliphatic heterocycles. The van der Waals surface area contributed by atoms with E-state index in [-0.39, 0.29) is 0 Å². The first-order valence-electron chi connectivity index (χ1n) is 2.41. The summed E-state index contributed by atoms with van der Waals surface area (Å²) in [7, 11) is 4.95. The van der Waals surface area contributed by atoms with Crippen molar-refractivity contribution in [1.82, 2.24) is 4.90 Å². The summed E-state index contributed by atoms with van der Waals surface area (Å²) in [6.07, 6.45) is 0. The largest absolute Gasteiger partial charge is 0.422 e. The lowest BCUT2D eigenvalue weighted by Crippen LogP contribution is -2.23. The monoisotopic (exact) mass is 119 g/mol. The minimum absolute atomic E-state index is 0.868. The SMILES string of the molecule is C[N+](C)CCO[SiH3]. The number of hydrogen-bond donors (Lipinski definition) is 0. The maximum Gasteiger partial charge on any atom is 0.146 e. The molecule has 0 rings (SSSR count). The van der Waals surface area contributed by atoms with Crippen molar-refractivity contribution in [2.75, 3.05) is 27.2 Å². The van der Waals surface area contributed by atoms with E-state index in [1.165, 1.54) is 0 Å². The van der Waals surface area contributed by atoms with Gasteiger partial charge >= 0.3 is 0 Å². The molecule has 0 aromatic rings. The average Bonchev–Trinajstić information content (AvgIpc) is 1.61. The van der Waals surface area contributed by atoms with Crippen LogP contribution in [-0.2, 0) is 4.43 Å². The van der Waals surface area contributed by atoms with E-state index in [0.717, 1.165) is 23.6 Å². The van der Waals surface area contributed by atoms with Gasteiger partial charge in [-0.3, -0.25) is 0 Å². The second-order valence-corrected chi connectivity index (χ2v) is 2.37. The van der Waals surface area contributed by atoms with Gasteiger partial charge in [0.05, 0.1) is 6.61 Å². The minimum Gasteiger partial charge on any atom is -0.422 e. The third-order valence-corrected chi connectivity index (χ3v) is 1.15. The van der Waals surface area contributed by atoms with Gasteiger partial charge in [0.1, 0.15) is 31.1 Å². The van der Waals surface area contributed by atoms with Crippen LogP contribution in [0.4, 0.5) is 0 Å². The van der Waals surface area contributed by atoms with E-state index in [9.17, 15) is 0 Å². The zero-order chi connectivity index (χ0) is 5.70. The van der Waals surface area contributed by atoms with Crippen molar-refractivity contribution in [3.8, 4) is 0 Å². The topological polar surface area (TPSA) is 15.1 Å². The number of likely N-dealkylation sites (N-methyl/N-ethyl adjacent to an activating group) is 1. The maximum atomic E-state index is 4.95. The first-order chi connectivity index (χ1) is 3.27. The van der Waals surface area contributed by atoms with Gasteiger partial charge in [-0.15, -0.1) is 0 Å². The summed E-state index contributed by atoms with van der Waals surface area (Å²) in [5, 5.41) is 0. The second-order valence-electron chi connectivity index (χ2n) is 1.80. The van der Waals surface area contributed by atoms with Crippen LogP contribution in [0.25, 0.3) is 0 Å². The smallest absolute Gasteiger partial charge is 0.146 e. The fourth-order valence-electron chi connectivity index (χ4n) is 0.274. The van der Waals surface area contributed by atoms with Gasteiger partial charge in [-0.1, -0.05) is 0 Å². The highest BCUT2D eigenvalue weighted by atomic mass is 28.2. The van der Waals surface area contributed by atoms with Crippen LogP contribution in [0.2, 0.25) is 0 Å². The van der Waals surface area contributed by atoms with Crippen molar-refractivity contribution in [2.45, 2.75) is 0 Å². The first kappa shape index (κ1) is 7.14. The van der Waals surface area contributed by atoms with E-state index >= 15 is 0 Å². The number of rotatable bonds is 3. The minimum atomic E-state index is 0.868. The van der Waals surface area contributed by atoms with Crippen molar-refractivity contribution in [1.29, 1.82) is 0 Å². The molecule has 0 aromatic heterocycles. The Hall–Kier alpha value is 0.137. The van der Waals surface area contributed by atoms with Crippen LogP contribution in [0, 0.1) is 0 Å². The van der Waals surface area contributed by atoms with Crippen molar-refractivity contribution >= 4 is 10.5 Å². The normalized spacial score (nSPS) is 10.7. The van der Waals surface area contributed by atoms with Crippen LogP contribution in [-0.4, -0.2) is 37.7 Å². The third kappa shape index (κ3) is 6.14. The quantitative estimate of drug-likeness (QED) is 0.332. The number of nitrogens with zero attached hydrogens (tertiary/aromatic N) is 1. The summed E-state index contributed by atoms with van der Waals surface area (Å²) >= 11 is 0. The van der Waals surface area contributed by atoms with E-state index in [0.29, 0.717) is 0 Å². The summed E-state index contributed by atoms with van der Waals surface area (Å²) in [5.74, 6) is 0. The molecule has 3 heteroatoms. The molecule has 43 valence electrons. The van der Waals surface area contributed by atoms with Crippen molar-refractivity contribution < 1.29 is 4.43 Å². The summed E-state index contributed by atoms with van der Waals surface area (Å²) in [6.45, 7) is 1.93. The maximum absolute atomic E-state index is 4.95. The fourth-order valence-corrected chi connectivity index (χ4v) is 0.456. The van der Waals surface area contributed by atoms with Crippen molar-refractivity contribution in [2.24, 2.45) is 0 Å². The highest BCUT2D eigenvalue weighted by molar-refractivity contribution is 5.97. The highest BCUT2D eigenvalue weighted by Gasteiger charge is 1.93. The molecule has 0 spiro atoms. The Morgan fingerprint density at radius 1 is 1.57 bits per heavy atom. The summed E-state index contributed by atoms with van der Waals surface area (Å²) in [4.78, 5) is 2.11. The Morgan fingerprint density at radius 2 is 2.14 bits per heavy atom. The van der Waals surface area contributed by atoms with E-state index in [1.807, 2.05) is 14.1 Å². The first-order valence-corrected chi connectivity index (χ1v) is 3.22. The lowest BCUT2D eigenvalue weighted by molar-refractivity contribution is 0.323. The van der Waals surface area contributed by atoms with E-state index in [4.69, 9.17) is 4.43 Å². The van der Waals surface area contributed by atoms with Crippen LogP contribution < -0.4 is 4.90 Å². The van der Waals surface area contributed by atoms with Gasteiger partial charge in [0.25, 0.3) is 0 Å². The Morgan fingerprint density at radius 3 is 2.29 bits per heavy atom. The molecule has 1 radical (unpaired) electrons. The zero-order valence-corrected chi connectivity index (χ0v) is 7.27. The summed E-state index contributed by atoms with van der Waals surface area (Å²) in [5.41, 5.74) is 0. The molecule has 0 N–H and O–H groups in total. The summed E-state index contributed by atoms with van der Waals surface area (Å²) < 4.78 is 4.95. The Kier molecular flexibility index (Phi) is 4.38. The van der Waals surface area contributed by atoms with Gasteiger partial charge in [-0.05, 0) is 0 Å². The molecular weight excluding hydrogens is 106 g/mol. The van der Waals surface area contributed by atoms with Crippen molar-refractivity contribution in [3.63, 3.8) is 0 Å². The van der Waals surface area contributed by atoms with Gasteiger partial charge in [0.15, 0.2) is 0 Å². The molecule has 0 bridgehead atoms. The molecule has 0 saturated heterocycles. The van der Waals surface area contributed by atoms with Crippen LogP contribution in [0.1, 0.15) is 0 Å². The summed E-state index contributed by atoms with van der Waals surface area (Å²) in [6, 6.07) is 0. The van der Waals surface area contributed by atoms with Gasteiger partial charge in [-0.25, -0.2) is 0 Å². The lowest BCUT2D eigenvalue weighted by Gasteiger charge is -1.96. The molecule has 0 saturated carbocycles. The predicted octanol–water partition coefficient (Wildman–Crippen LogP) is -1.32. The third-order valence-electron chi connectivity index (χ3n) is 0.743. The molecule has 0 unspecified atom stereocenters. The predicted molar refractivity (Wildman–Crippen MR) is 34.7 cm³/mol. The fraction of sp³-hybridized carbons (Fsp3) is 1.00. The second kappa shape index (κ2) is 4.30. The van der Waals surface area contributed by atoms with Gasteiger partial charge in [-0.2, -0.15) is 4.90 Å². The van der Waals surface area contributed by atoms with Crippen molar-refractivity contribution in [3.05, 3.63) is 0 Å². The lowest BCUT2D eigenvalue weighted by atomic mass is 10.6. The zero-order valence-electron chi connectivity index (χ0n) is 5.27.